The molecule has 0 fully saturated rings. The van der Waals surface area contributed by atoms with Crippen LogP contribution in [0.1, 0.15) is 25.3 Å². The van der Waals surface area contributed by atoms with Crippen molar-refractivity contribution in [1.82, 2.24) is 20.2 Å². The van der Waals surface area contributed by atoms with E-state index in [4.69, 9.17) is 0 Å². The lowest BCUT2D eigenvalue weighted by Crippen LogP contribution is -2.16. The molecule has 2 aromatic carbocycles. The fourth-order valence-electron chi connectivity index (χ4n) is 2.37. The van der Waals surface area contributed by atoms with Crippen molar-refractivity contribution in [2.45, 2.75) is 24.9 Å². The van der Waals surface area contributed by atoms with Crippen LogP contribution in [0.5, 0.6) is 0 Å². The van der Waals surface area contributed by atoms with Crippen LogP contribution < -0.4 is 5.32 Å². The highest BCUT2D eigenvalue weighted by Gasteiger charge is 2.16. The fourth-order valence-corrected chi connectivity index (χ4v) is 3.06. The standard InChI is InChI=1S/C18H16F3N5OS/c1-10(2)11-3-5-12(6-4-11)26-18(23-24-25-26)28-9-15(27)22-14-8-7-13(19)16(20)17(14)21/h3-8,10H,9H2,1-2H3,(H,22,27). The first-order valence-electron chi connectivity index (χ1n) is 8.31. The zero-order valence-corrected chi connectivity index (χ0v) is 15.8. The molecule has 1 N–H and O–H groups in total. The largest absolute Gasteiger partial charge is 0.323 e. The average Bonchev–Trinajstić information content (AvgIpc) is 3.15. The lowest BCUT2D eigenvalue weighted by atomic mass is 10.0. The smallest absolute Gasteiger partial charge is 0.234 e. The quantitative estimate of drug-likeness (QED) is 0.495. The summed E-state index contributed by atoms with van der Waals surface area (Å²) in [6.07, 6.45) is 0. The van der Waals surface area contributed by atoms with Gasteiger partial charge in [-0.3, -0.25) is 4.79 Å². The third-order valence-electron chi connectivity index (χ3n) is 3.89. The Kier molecular flexibility index (Phi) is 5.98. The highest BCUT2D eigenvalue weighted by Crippen LogP contribution is 2.22. The maximum atomic E-state index is 13.6. The van der Waals surface area contributed by atoms with Crippen LogP contribution in [-0.4, -0.2) is 31.9 Å². The second-order valence-corrected chi connectivity index (χ2v) is 7.12. The molecule has 0 bridgehead atoms. The minimum absolute atomic E-state index is 0.150. The number of carbonyl (C=O) groups is 1. The summed E-state index contributed by atoms with van der Waals surface area (Å²) >= 11 is 1.02. The van der Waals surface area contributed by atoms with Crippen LogP contribution in [0.2, 0.25) is 0 Å². The lowest BCUT2D eigenvalue weighted by Gasteiger charge is -2.09. The molecule has 10 heteroatoms. The van der Waals surface area contributed by atoms with Gasteiger partial charge in [-0.25, -0.2) is 13.2 Å². The van der Waals surface area contributed by atoms with Gasteiger partial charge >= 0.3 is 0 Å². The molecule has 1 heterocycles. The van der Waals surface area contributed by atoms with E-state index in [2.05, 4.69) is 34.7 Å². The number of anilines is 1. The number of amides is 1. The van der Waals surface area contributed by atoms with Gasteiger partial charge in [0, 0.05) is 0 Å². The van der Waals surface area contributed by atoms with Crippen molar-refractivity contribution in [2.24, 2.45) is 0 Å². The molecule has 0 aliphatic rings. The first-order valence-corrected chi connectivity index (χ1v) is 9.30. The predicted molar refractivity (Wildman–Crippen MR) is 98.9 cm³/mol. The van der Waals surface area contributed by atoms with Crippen molar-refractivity contribution < 1.29 is 18.0 Å². The molecule has 6 nitrogen and oxygen atoms in total. The molecule has 0 atom stereocenters. The van der Waals surface area contributed by atoms with E-state index in [1.165, 1.54) is 10.2 Å². The molecule has 0 radical (unpaired) electrons. The van der Waals surface area contributed by atoms with E-state index in [1.807, 2.05) is 24.3 Å². The summed E-state index contributed by atoms with van der Waals surface area (Å²) in [6.45, 7) is 4.17. The number of hydrogen-bond acceptors (Lipinski definition) is 5. The van der Waals surface area contributed by atoms with Crippen molar-refractivity contribution in [2.75, 3.05) is 11.1 Å². The van der Waals surface area contributed by atoms with Crippen LogP contribution >= 0.6 is 11.8 Å². The van der Waals surface area contributed by atoms with Gasteiger partial charge in [0.15, 0.2) is 17.5 Å². The number of tetrazole rings is 1. The second kappa shape index (κ2) is 8.42. The topological polar surface area (TPSA) is 72.7 Å². The summed E-state index contributed by atoms with van der Waals surface area (Å²) in [6, 6.07) is 9.36. The molecule has 0 aliphatic carbocycles. The van der Waals surface area contributed by atoms with Crippen LogP contribution in [0.3, 0.4) is 0 Å². The number of benzene rings is 2. The summed E-state index contributed by atoms with van der Waals surface area (Å²) in [5, 5.41) is 14.0. The third kappa shape index (κ3) is 4.33. The predicted octanol–water partition coefficient (Wildman–Crippen LogP) is 3.93. The van der Waals surface area contributed by atoms with E-state index < -0.39 is 29.0 Å². The Hall–Kier alpha value is -2.88. The minimum Gasteiger partial charge on any atom is -0.323 e. The maximum Gasteiger partial charge on any atom is 0.234 e. The molecular formula is C18H16F3N5OS. The summed E-state index contributed by atoms with van der Waals surface area (Å²) < 4.78 is 41.3. The molecule has 0 spiro atoms. The lowest BCUT2D eigenvalue weighted by molar-refractivity contribution is -0.113. The van der Waals surface area contributed by atoms with Crippen LogP contribution in [0.25, 0.3) is 5.69 Å². The Balaban J connectivity index is 1.67. The van der Waals surface area contributed by atoms with Gasteiger partial charge in [-0.2, -0.15) is 4.68 Å². The summed E-state index contributed by atoms with van der Waals surface area (Å²) in [7, 11) is 0. The van der Waals surface area contributed by atoms with E-state index >= 15 is 0 Å². The van der Waals surface area contributed by atoms with Crippen LogP contribution in [0.4, 0.5) is 18.9 Å². The molecule has 1 aromatic heterocycles. The molecule has 0 aliphatic heterocycles. The van der Waals surface area contributed by atoms with Crippen molar-refractivity contribution in [1.29, 1.82) is 0 Å². The molecule has 1 amide bonds. The SMILES string of the molecule is CC(C)c1ccc(-n2nnnc2SCC(=O)Nc2ccc(F)c(F)c2F)cc1. The van der Waals surface area contributed by atoms with Crippen molar-refractivity contribution >= 4 is 23.4 Å². The van der Waals surface area contributed by atoms with E-state index in [1.54, 1.807) is 0 Å². The average molecular weight is 407 g/mol. The second-order valence-electron chi connectivity index (χ2n) is 6.18. The van der Waals surface area contributed by atoms with Gasteiger partial charge in [0.2, 0.25) is 11.1 Å². The Labute approximate surface area is 163 Å². The molecule has 0 unspecified atom stereocenters. The number of nitrogens with zero attached hydrogens (tertiary/aromatic N) is 4. The molecular weight excluding hydrogens is 391 g/mol. The number of aromatic nitrogens is 4. The van der Waals surface area contributed by atoms with Gasteiger partial charge in [0.1, 0.15) is 0 Å². The highest BCUT2D eigenvalue weighted by atomic mass is 32.2. The summed E-state index contributed by atoms with van der Waals surface area (Å²) in [5.74, 6) is -4.79. The Morgan fingerprint density at radius 3 is 2.50 bits per heavy atom. The van der Waals surface area contributed by atoms with E-state index in [0.717, 1.165) is 29.6 Å². The monoisotopic (exact) mass is 407 g/mol. The first kappa shape index (κ1) is 19.9. The number of halogens is 3. The number of rotatable bonds is 6. The molecule has 3 aromatic rings. The maximum absolute atomic E-state index is 13.6. The molecule has 28 heavy (non-hydrogen) atoms. The molecule has 146 valence electrons. The molecule has 0 saturated heterocycles. The number of thioether (sulfide) groups is 1. The van der Waals surface area contributed by atoms with E-state index in [9.17, 15) is 18.0 Å². The van der Waals surface area contributed by atoms with E-state index in [-0.39, 0.29) is 5.75 Å². The van der Waals surface area contributed by atoms with Gasteiger partial charge in [-0.15, -0.1) is 5.10 Å². The van der Waals surface area contributed by atoms with Crippen LogP contribution in [0.15, 0.2) is 41.6 Å². The third-order valence-corrected chi connectivity index (χ3v) is 4.81. The van der Waals surface area contributed by atoms with Gasteiger partial charge < -0.3 is 5.32 Å². The zero-order valence-electron chi connectivity index (χ0n) is 15.0. The van der Waals surface area contributed by atoms with Crippen molar-refractivity contribution in [3.63, 3.8) is 0 Å². The Bertz CT molecular complexity index is 991. The van der Waals surface area contributed by atoms with Gasteiger partial charge in [-0.05, 0) is 46.2 Å². The zero-order chi connectivity index (χ0) is 20.3. The minimum atomic E-state index is -1.64. The normalized spacial score (nSPS) is 11.1. The van der Waals surface area contributed by atoms with Gasteiger partial charge in [0.05, 0.1) is 17.1 Å². The van der Waals surface area contributed by atoms with Crippen molar-refractivity contribution in [3.05, 3.63) is 59.4 Å². The van der Waals surface area contributed by atoms with Gasteiger partial charge in [-0.1, -0.05) is 37.7 Å². The number of carbonyl (C=O) groups excluding carboxylic acids is 1. The number of nitrogens with one attached hydrogen (secondary N) is 1. The fraction of sp³-hybridized carbons (Fsp3) is 0.222. The van der Waals surface area contributed by atoms with E-state index in [0.29, 0.717) is 11.1 Å². The molecule has 0 saturated carbocycles. The van der Waals surface area contributed by atoms with Crippen LogP contribution in [0, 0.1) is 17.5 Å². The van der Waals surface area contributed by atoms with Crippen LogP contribution in [-0.2, 0) is 4.79 Å². The number of hydrogen-bond donors (Lipinski definition) is 1. The Morgan fingerprint density at radius 2 is 1.82 bits per heavy atom. The summed E-state index contributed by atoms with van der Waals surface area (Å²) in [5.41, 5.74) is 1.45. The Morgan fingerprint density at radius 1 is 1.11 bits per heavy atom. The summed E-state index contributed by atoms with van der Waals surface area (Å²) in [4.78, 5) is 12.0. The van der Waals surface area contributed by atoms with Crippen molar-refractivity contribution in [3.8, 4) is 5.69 Å². The highest BCUT2D eigenvalue weighted by molar-refractivity contribution is 7.99. The first-order chi connectivity index (χ1) is 13.4. The molecule has 3 rings (SSSR count). The van der Waals surface area contributed by atoms with Gasteiger partial charge in [0.25, 0.3) is 0 Å².